The summed E-state index contributed by atoms with van der Waals surface area (Å²) in [5.74, 6) is -0.0239. The van der Waals surface area contributed by atoms with Crippen LogP contribution in [0, 0.1) is 23.2 Å². The first kappa shape index (κ1) is 22.3. The molecule has 1 N–H and O–H groups in total. The lowest BCUT2D eigenvalue weighted by Gasteiger charge is -2.21. The number of methoxy groups -OCH3 is 1. The lowest BCUT2D eigenvalue weighted by molar-refractivity contribution is -0.119. The van der Waals surface area contributed by atoms with Crippen molar-refractivity contribution < 1.29 is 23.9 Å². The number of pyridine rings is 1. The van der Waals surface area contributed by atoms with Gasteiger partial charge in [-0.1, -0.05) is 12.1 Å². The van der Waals surface area contributed by atoms with E-state index >= 15 is 0 Å². The van der Waals surface area contributed by atoms with Gasteiger partial charge in [0.25, 0.3) is 0 Å². The Kier molecular flexibility index (Phi) is 4.93. The number of nitriles is 1. The van der Waals surface area contributed by atoms with Crippen LogP contribution < -0.4 is 10.2 Å². The van der Waals surface area contributed by atoms with Crippen LogP contribution in [-0.4, -0.2) is 66.9 Å². The van der Waals surface area contributed by atoms with E-state index < -0.39 is 17.6 Å². The number of aromatic nitrogens is 1. The Hall–Kier alpha value is -4.13. The van der Waals surface area contributed by atoms with E-state index in [1.807, 2.05) is 24.3 Å². The van der Waals surface area contributed by atoms with Crippen molar-refractivity contribution in [2.24, 2.45) is 11.8 Å². The number of carbonyl (C=O) groups excluding carboxylic acids is 3. The lowest BCUT2D eigenvalue weighted by Crippen LogP contribution is -2.40. The predicted octanol–water partition coefficient (Wildman–Crippen LogP) is 2.22. The molecule has 3 aliphatic heterocycles. The van der Waals surface area contributed by atoms with Gasteiger partial charge < -0.3 is 19.7 Å². The van der Waals surface area contributed by atoms with Gasteiger partial charge in [0.2, 0.25) is 5.91 Å². The van der Waals surface area contributed by atoms with Gasteiger partial charge in [0.15, 0.2) is 0 Å². The van der Waals surface area contributed by atoms with Crippen LogP contribution >= 0.6 is 0 Å². The normalized spacial score (nSPS) is 29.1. The number of cyclic esters (lactones) is 1. The minimum absolute atomic E-state index is 0.0681. The van der Waals surface area contributed by atoms with Crippen LogP contribution in [0.5, 0.6) is 0 Å². The average Bonchev–Trinajstić information content (AvgIpc) is 3.26. The van der Waals surface area contributed by atoms with Crippen molar-refractivity contribution in [1.29, 1.82) is 5.26 Å². The van der Waals surface area contributed by atoms with Gasteiger partial charge in [0.1, 0.15) is 11.5 Å². The van der Waals surface area contributed by atoms with Crippen LogP contribution in [-0.2, 0) is 26.1 Å². The van der Waals surface area contributed by atoms with Crippen molar-refractivity contribution in [1.82, 2.24) is 15.2 Å². The SMILES string of the molecule is COC(=O)N1C[C@@H]2[C@H](C1)C2(C#N)c1ccc(-c2ccc3c(c2)C[C@H]2[C@H](CNC(C)=O)OC(=O)N32)cn1. The third-order valence-corrected chi connectivity index (χ3v) is 8.05. The Morgan fingerprint density at radius 1 is 1.25 bits per heavy atom. The molecule has 2 aromatic rings. The fourth-order valence-electron chi connectivity index (χ4n) is 6.20. The fourth-order valence-corrected chi connectivity index (χ4v) is 6.20. The number of hydrogen-bond acceptors (Lipinski definition) is 7. The van der Waals surface area contributed by atoms with Gasteiger partial charge in [0, 0.05) is 43.6 Å². The molecule has 10 heteroatoms. The Bertz CT molecular complexity index is 1310. The quantitative estimate of drug-likeness (QED) is 0.701. The van der Waals surface area contributed by atoms with Crippen LogP contribution in [0.4, 0.5) is 15.3 Å². The molecule has 0 bridgehead atoms. The zero-order valence-corrected chi connectivity index (χ0v) is 19.9. The van der Waals surface area contributed by atoms with Crippen molar-refractivity contribution in [2.75, 3.05) is 31.6 Å². The van der Waals surface area contributed by atoms with Crippen LogP contribution in [0.3, 0.4) is 0 Å². The van der Waals surface area contributed by atoms with E-state index in [9.17, 15) is 19.6 Å². The summed E-state index contributed by atoms with van der Waals surface area (Å²) >= 11 is 0. The summed E-state index contributed by atoms with van der Waals surface area (Å²) in [6.45, 7) is 2.73. The van der Waals surface area contributed by atoms with Crippen LogP contribution in [0.2, 0.25) is 0 Å². The molecule has 3 amide bonds. The first-order chi connectivity index (χ1) is 17.4. The minimum Gasteiger partial charge on any atom is -0.453 e. The third kappa shape index (κ3) is 3.15. The summed E-state index contributed by atoms with van der Waals surface area (Å²) in [6, 6.07) is 12.1. The largest absolute Gasteiger partial charge is 0.453 e. The number of amides is 3. The Balaban J connectivity index is 1.20. The number of fused-ring (bicyclic) bond motifs is 4. The summed E-state index contributed by atoms with van der Waals surface area (Å²) in [4.78, 5) is 43.6. The summed E-state index contributed by atoms with van der Waals surface area (Å²) in [7, 11) is 1.36. The van der Waals surface area contributed by atoms with Gasteiger partial charge in [-0.25, -0.2) is 9.59 Å². The maximum atomic E-state index is 12.5. The van der Waals surface area contributed by atoms with Crippen molar-refractivity contribution in [3.8, 4) is 17.2 Å². The number of ether oxygens (including phenoxy) is 2. The first-order valence-corrected chi connectivity index (χ1v) is 12.0. The van der Waals surface area contributed by atoms with Gasteiger partial charge in [-0.2, -0.15) is 5.26 Å². The van der Waals surface area contributed by atoms with E-state index in [1.54, 1.807) is 16.0 Å². The molecular formula is C26H25N5O5. The highest BCUT2D eigenvalue weighted by Crippen LogP contribution is 2.62. The number of benzene rings is 1. The van der Waals surface area contributed by atoms with Crippen LogP contribution in [0.15, 0.2) is 36.5 Å². The van der Waals surface area contributed by atoms with Crippen molar-refractivity contribution in [3.63, 3.8) is 0 Å². The Labute approximate surface area is 207 Å². The third-order valence-electron chi connectivity index (χ3n) is 8.05. The zero-order valence-electron chi connectivity index (χ0n) is 19.9. The number of anilines is 1. The molecule has 1 saturated carbocycles. The van der Waals surface area contributed by atoms with Gasteiger partial charge in [-0.15, -0.1) is 0 Å². The number of nitrogens with one attached hydrogen (secondary N) is 1. The van der Waals surface area contributed by atoms with Gasteiger partial charge in [-0.05, 0) is 35.7 Å². The van der Waals surface area contributed by atoms with E-state index in [0.717, 1.165) is 28.1 Å². The highest BCUT2D eigenvalue weighted by Gasteiger charge is 2.71. The molecule has 4 aliphatic rings. The molecule has 0 spiro atoms. The topological polar surface area (TPSA) is 125 Å². The molecule has 4 heterocycles. The number of likely N-dealkylation sites (tertiary alicyclic amines) is 1. The van der Waals surface area contributed by atoms with E-state index in [-0.39, 0.29) is 36.4 Å². The van der Waals surface area contributed by atoms with Crippen molar-refractivity contribution >= 4 is 23.8 Å². The number of carbonyl (C=O) groups is 3. The molecule has 6 rings (SSSR count). The Morgan fingerprint density at radius 2 is 2.00 bits per heavy atom. The molecule has 0 radical (unpaired) electrons. The second-order valence-electron chi connectivity index (χ2n) is 9.85. The predicted molar refractivity (Wildman–Crippen MR) is 127 cm³/mol. The van der Waals surface area contributed by atoms with Gasteiger partial charge >= 0.3 is 12.2 Å². The molecule has 5 atom stereocenters. The molecule has 1 aliphatic carbocycles. The highest BCUT2D eigenvalue weighted by atomic mass is 16.6. The number of piperidine rings is 1. The molecule has 1 aromatic heterocycles. The standard InChI is InChI=1S/C26H25N5O5/c1-14(32)28-10-22-21-8-17-7-15(3-5-20(17)31(21)25(34)36-22)16-4-6-23(29-9-16)26(13-27)18-11-30(12-19(18)26)24(33)35-2/h3-7,9,18-19,21-22H,8,10-12H2,1-2H3,(H,28,32)/t18-,19+,21-,22-,26?/m0/s1. The minimum atomic E-state index is -0.658. The summed E-state index contributed by atoms with van der Waals surface area (Å²) < 4.78 is 10.3. The number of nitrogens with zero attached hydrogens (tertiary/aromatic N) is 4. The monoisotopic (exact) mass is 487 g/mol. The van der Waals surface area contributed by atoms with Gasteiger partial charge in [-0.3, -0.25) is 14.7 Å². The fraction of sp³-hybridized carbons (Fsp3) is 0.423. The van der Waals surface area contributed by atoms with E-state index in [1.165, 1.54) is 14.0 Å². The maximum absolute atomic E-state index is 12.5. The molecule has 36 heavy (non-hydrogen) atoms. The smallest absolute Gasteiger partial charge is 0.415 e. The lowest BCUT2D eigenvalue weighted by atomic mass is 9.95. The maximum Gasteiger partial charge on any atom is 0.415 e. The highest BCUT2D eigenvalue weighted by molar-refractivity contribution is 5.94. The van der Waals surface area contributed by atoms with E-state index in [4.69, 9.17) is 9.47 Å². The van der Waals surface area contributed by atoms with Crippen molar-refractivity contribution in [3.05, 3.63) is 47.8 Å². The van der Waals surface area contributed by atoms with Crippen LogP contribution in [0.25, 0.3) is 11.1 Å². The average molecular weight is 488 g/mol. The molecular weight excluding hydrogens is 462 g/mol. The summed E-state index contributed by atoms with van der Waals surface area (Å²) in [6.07, 6.45) is 1.28. The molecule has 1 aromatic carbocycles. The van der Waals surface area contributed by atoms with Crippen molar-refractivity contribution in [2.45, 2.75) is 30.9 Å². The molecule has 3 fully saturated rings. The summed E-state index contributed by atoms with van der Waals surface area (Å²) in [5, 5.41) is 12.7. The second-order valence-corrected chi connectivity index (χ2v) is 9.85. The molecule has 2 saturated heterocycles. The number of rotatable bonds is 4. The first-order valence-electron chi connectivity index (χ1n) is 12.0. The van der Waals surface area contributed by atoms with Crippen LogP contribution in [0.1, 0.15) is 18.2 Å². The second kappa shape index (κ2) is 7.95. The van der Waals surface area contributed by atoms with E-state index in [0.29, 0.717) is 19.5 Å². The molecule has 184 valence electrons. The number of hydrogen-bond donors (Lipinski definition) is 1. The Morgan fingerprint density at radius 3 is 2.64 bits per heavy atom. The van der Waals surface area contributed by atoms with Gasteiger partial charge in [0.05, 0.1) is 37.1 Å². The molecule has 10 nitrogen and oxygen atoms in total. The zero-order chi connectivity index (χ0) is 25.2. The molecule has 1 unspecified atom stereocenters. The summed E-state index contributed by atoms with van der Waals surface area (Å²) in [5.41, 5.74) is 3.83. The van der Waals surface area contributed by atoms with E-state index in [2.05, 4.69) is 22.4 Å².